The van der Waals surface area contributed by atoms with Gasteiger partial charge in [0.15, 0.2) is 0 Å². The molecule has 0 amide bonds. The van der Waals surface area contributed by atoms with Gasteiger partial charge in [-0.1, -0.05) is 11.6 Å². The van der Waals surface area contributed by atoms with Crippen molar-refractivity contribution in [1.29, 1.82) is 0 Å². The topological polar surface area (TPSA) is 104 Å². The summed E-state index contributed by atoms with van der Waals surface area (Å²) in [7, 11) is -1.09. The van der Waals surface area contributed by atoms with Crippen molar-refractivity contribution < 1.29 is 9.32 Å². The van der Waals surface area contributed by atoms with E-state index in [2.05, 4.69) is 20.2 Å². The fourth-order valence-electron chi connectivity index (χ4n) is 6.51. The fraction of sp³-hybridized carbons (Fsp3) is 0.667. The van der Waals surface area contributed by atoms with Gasteiger partial charge in [0.2, 0.25) is 5.95 Å². The van der Waals surface area contributed by atoms with Crippen LogP contribution in [0.4, 0.5) is 11.8 Å². The van der Waals surface area contributed by atoms with Crippen molar-refractivity contribution in [3.63, 3.8) is 0 Å². The molecule has 0 aromatic carbocycles. The van der Waals surface area contributed by atoms with E-state index in [4.69, 9.17) is 21.6 Å². The molecule has 2 aliphatic carbocycles. The maximum absolute atomic E-state index is 13.4. The molecule has 5 heterocycles. The molecule has 4 fully saturated rings. The number of aliphatic hydroxyl groups excluding tert-OH is 1. The van der Waals surface area contributed by atoms with Gasteiger partial charge in [-0.3, -0.25) is 4.21 Å². The number of hydrogen-bond acceptors (Lipinski definition) is 8. The van der Waals surface area contributed by atoms with Crippen molar-refractivity contribution in [3.05, 3.63) is 28.9 Å². The summed E-state index contributed by atoms with van der Waals surface area (Å²) in [4.78, 5) is 22.3. The average molecular weight is 501 g/mol. The molecular weight excluding hydrogens is 472 g/mol. The third-order valence-electron chi connectivity index (χ3n) is 8.77. The van der Waals surface area contributed by atoms with Crippen LogP contribution in [0.15, 0.2) is 17.3 Å². The van der Waals surface area contributed by atoms with Crippen LogP contribution in [0.3, 0.4) is 0 Å². The summed E-state index contributed by atoms with van der Waals surface area (Å²) in [6.07, 6.45) is 13.2. The predicted molar refractivity (Wildman–Crippen MR) is 130 cm³/mol. The summed E-state index contributed by atoms with van der Waals surface area (Å²) >= 11 is 6.00. The first-order valence-corrected chi connectivity index (χ1v) is 14.0. The Morgan fingerprint density at radius 3 is 2.41 bits per heavy atom. The van der Waals surface area contributed by atoms with Crippen LogP contribution >= 0.6 is 11.6 Å². The molecule has 2 aromatic rings. The molecule has 2 unspecified atom stereocenters. The highest BCUT2D eigenvalue weighted by Crippen LogP contribution is 2.54. The Morgan fingerprint density at radius 2 is 1.82 bits per heavy atom. The summed E-state index contributed by atoms with van der Waals surface area (Å²) in [5.41, 5.74) is 0.596. The van der Waals surface area contributed by atoms with Crippen molar-refractivity contribution in [2.75, 3.05) is 16.8 Å². The van der Waals surface area contributed by atoms with E-state index in [1.807, 2.05) is 0 Å². The molecule has 3 aliphatic heterocycles. The Kier molecular flexibility index (Phi) is 4.78. The molecule has 1 spiro atoms. The number of nitrogens with one attached hydrogen (secondary N) is 1. The first-order valence-electron chi connectivity index (χ1n) is 12.5. The molecule has 34 heavy (non-hydrogen) atoms. The smallest absolute Gasteiger partial charge is 0.228 e. The molecule has 5 aliphatic rings. The second-order valence-electron chi connectivity index (χ2n) is 10.9. The van der Waals surface area contributed by atoms with Gasteiger partial charge in [-0.05, 0) is 57.8 Å². The maximum atomic E-state index is 13.4. The number of aliphatic hydroxyl groups is 1. The minimum Gasteiger partial charge on any atom is -0.394 e. The zero-order chi connectivity index (χ0) is 23.1. The fourth-order valence-corrected chi connectivity index (χ4v) is 8.39. The average Bonchev–Trinajstić information content (AvgIpc) is 3.47. The molecule has 2 aromatic heterocycles. The molecule has 2 bridgehead atoms. The molecule has 180 valence electrons. The molecule has 2 N–H and O–H groups in total. The van der Waals surface area contributed by atoms with Gasteiger partial charge in [-0.2, -0.15) is 4.98 Å². The van der Waals surface area contributed by atoms with E-state index >= 15 is 0 Å². The number of fused-ring (bicyclic) bond motifs is 3. The van der Waals surface area contributed by atoms with Crippen LogP contribution < -0.4 is 10.2 Å². The molecular formula is C24H29ClN6O2S. The number of rotatable bonds is 5. The molecule has 7 rings (SSSR count). The highest BCUT2D eigenvalue weighted by atomic mass is 35.5. The SMILES string of the molecule is O=[S@@]1c2c(nc(N3C4CCC3CC(c3ncc(Cl)cn3)C4)nc2NC2(CO)CCC2)CC12CC2. The van der Waals surface area contributed by atoms with Gasteiger partial charge in [0, 0.05) is 36.8 Å². The van der Waals surface area contributed by atoms with E-state index in [9.17, 15) is 9.32 Å². The van der Waals surface area contributed by atoms with E-state index in [0.717, 1.165) is 86.6 Å². The predicted octanol–water partition coefficient (Wildman–Crippen LogP) is 3.36. The van der Waals surface area contributed by atoms with Crippen molar-refractivity contribution in [1.82, 2.24) is 19.9 Å². The van der Waals surface area contributed by atoms with Crippen molar-refractivity contribution >= 4 is 34.2 Å². The van der Waals surface area contributed by atoms with Gasteiger partial charge in [0.05, 0.1) is 38.4 Å². The van der Waals surface area contributed by atoms with Crippen LogP contribution in [0.25, 0.3) is 0 Å². The van der Waals surface area contributed by atoms with Crippen molar-refractivity contribution in [3.8, 4) is 0 Å². The van der Waals surface area contributed by atoms with Gasteiger partial charge in [-0.15, -0.1) is 0 Å². The molecule has 2 saturated heterocycles. The van der Waals surface area contributed by atoms with Crippen molar-refractivity contribution in [2.45, 2.75) is 97.4 Å². The van der Waals surface area contributed by atoms with Crippen LogP contribution in [-0.4, -0.2) is 58.2 Å². The van der Waals surface area contributed by atoms with E-state index in [1.165, 1.54) is 0 Å². The summed E-state index contributed by atoms with van der Waals surface area (Å²) < 4.78 is 13.3. The monoisotopic (exact) mass is 500 g/mol. The lowest BCUT2D eigenvalue weighted by molar-refractivity contribution is 0.143. The standard InChI is InChI=1S/C24H29ClN6O2S/c25-15-11-26-20(27-12-15)14-8-16-2-3-17(9-14)31(16)22-28-18-10-24(6-7-24)34(33)19(18)21(29-22)30-23(13-32)4-1-5-23/h11-12,14,16-17,32H,1-10,13H2,(H,28,29,30)/t14?,16?,17?,34-/m1/s1. The lowest BCUT2D eigenvalue weighted by Gasteiger charge is -2.42. The zero-order valence-electron chi connectivity index (χ0n) is 19.0. The molecule has 8 nitrogen and oxygen atoms in total. The second-order valence-corrected chi connectivity index (χ2v) is 13.2. The normalized spacial score (nSPS) is 31.9. The lowest BCUT2D eigenvalue weighted by atomic mass is 9.77. The van der Waals surface area contributed by atoms with E-state index in [1.54, 1.807) is 12.4 Å². The van der Waals surface area contributed by atoms with Crippen LogP contribution in [0.2, 0.25) is 5.02 Å². The van der Waals surface area contributed by atoms with Gasteiger partial charge >= 0.3 is 0 Å². The molecule has 3 atom stereocenters. The second kappa shape index (κ2) is 7.58. The number of hydrogen-bond donors (Lipinski definition) is 2. The molecule has 0 radical (unpaired) electrons. The highest BCUT2D eigenvalue weighted by molar-refractivity contribution is 7.87. The Hall–Kier alpha value is -1.84. The summed E-state index contributed by atoms with van der Waals surface area (Å²) in [5.74, 6) is 2.64. The van der Waals surface area contributed by atoms with Crippen LogP contribution in [-0.2, 0) is 17.2 Å². The lowest BCUT2D eigenvalue weighted by Crippen LogP contribution is -2.49. The number of nitrogens with zero attached hydrogens (tertiary/aromatic N) is 5. The largest absolute Gasteiger partial charge is 0.394 e. The zero-order valence-corrected chi connectivity index (χ0v) is 20.6. The van der Waals surface area contributed by atoms with Gasteiger partial charge < -0.3 is 15.3 Å². The Labute approximate surface area is 206 Å². The van der Waals surface area contributed by atoms with Gasteiger partial charge in [-0.25, -0.2) is 15.0 Å². The number of halogens is 1. The molecule has 10 heteroatoms. The number of piperidine rings is 1. The maximum Gasteiger partial charge on any atom is 0.228 e. The van der Waals surface area contributed by atoms with Crippen molar-refractivity contribution in [2.24, 2.45) is 0 Å². The summed E-state index contributed by atoms with van der Waals surface area (Å²) in [6.45, 7) is 0.0661. The van der Waals surface area contributed by atoms with Crippen LogP contribution in [0.5, 0.6) is 0 Å². The number of aromatic nitrogens is 4. The van der Waals surface area contributed by atoms with Gasteiger partial charge in [0.1, 0.15) is 16.5 Å². The minimum absolute atomic E-state index is 0.0661. The quantitative estimate of drug-likeness (QED) is 0.644. The number of anilines is 2. The third-order valence-corrected chi connectivity index (χ3v) is 11.1. The highest BCUT2D eigenvalue weighted by Gasteiger charge is 2.56. The van der Waals surface area contributed by atoms with E-state index in [0.29, 0.717) is 28.8 Å². The van der Waals surface area contributed by atoms with E-state index in [-0.39, 0.29) is 16.9 Å². The Bertz CT molecular complexity index is 1150. The minimum atomic E-state index is -1.09. The molecule has 2 saturated carbocycles. The Balaban J connectivity index is 1.23. The summed E-state index contributed by atoms with van der Waals surface area (Å²) in [5, 5.41) is 14.2. The van der Waals surface area contributed by atoms with Crippen LogP contribution in [0, 0.1) is 0 Å². The summed E-state index contributed by atoms with van der Waals surface area (Å²) in [6, 6.07) is 0.678. The Morgan fingerprint density at radius 1 is 1.12 bits per heavy atom. The van der Waals surface area contributed by atoms with Gasteiger partial charge in [0.25, 0.3) is 0 Å². The third kappa shape index (κ3) is 3.23. The first kappa shape index (κ1) is 21.4. The van der Waals surface area contributed by atoms with Crippen LogP contribution in [0.1, 0.15) is 75.2 Å². The van der Waals surface area contributed by atoms with E-state index < -0.39 is 10.8 Å². The first-order chi connectivity index (χ1) is 16.5.